The van der Waals surface area contributed by atoms with Gasteiger partial charge in [-0.2, -0.15) is 0 Å². The Balaban J connectivity index is 1.13. The smallest absolute Gasteiger partial charge is 0.262 e. The monoisotopic (exact) mass is 1520 g/mol. The van der Waals surface area contributed by atoms with Gasteiger partial charge < -0.3 is 58.3 Å². The van der Waals surface area contributed by atoms with Crippen LogP contribution in [0.1, 0.15) is 222 Å². The highest BCUT2D eigenvalue weighted by Gasteiger charge is 2.48. The topological polar surface area (TPSA) is 254 Å². The van der Waals surface area contributed by atoms with Crippen molar-refractivity contribution < 1.29 is 76.3 Å². The molecule has 0 radical (unpaired) electrons. The van der Waals surface area contributed by atoms with Crippen LogP contribution in [0.25, 0.3) is 43.1 Å². The van der Waals surface area contributed by atoms with E-state index in [0.717, 1.165) is 32.1 Å². The van der Waals surface area contributed by atoms with Crippen LogP contribution < -0.4 is 29.6 Å². The minimum atomic E-state index is -1.42. The first-order valence-corrected chi connectivity index (χ1v) is 39.7. The number of ether oxygens (including phenoxy) is 8. The molecule has 0 spiro atoms. The van der Waals surface area contributed by atoms with E-state index in [9.17, 15) is 9.59 Å². The first kappa shape index (κ1) is 79.6. The van der Waals surface area contributed by atoms with E-state index >= 15 is 28.8 Å². The van der Waals surface area contributed by atoms with Crippen LogP contribution in [0, 0.1) is 0 Å². The second-order valence-corrected chi connectivity index (χ2v) is 30.7. The minimum Gasteiger partial charge on any atom is -0.457 e. The van der Waals surface area contributed by atoms with E-state index in [-0.39, 0.29) is 201 Å². The number of hydrogen-bond acceptors (Lipinski definition) is 16. The van der Waals surface area contributed by atoms with Gasteiger partial charge in [-0.1, -0.05) is 143 Å². The third-order valence-corrected chi connectivity index (χ3v) is 21.5. The third-order valence-electron chi connectivity index (χ3n) is 21.5. The summed E-state index contributed by atoms with van der Waals surface area (Å²) in [6, 6.07) is 33.9. The Labute approximate surface area is 653 Å². The molecule has 588 valence electrons. The molecule has 9 aromatic carbocycles. The number of carbonyl (C=O) groups excluding carboxylic acids is 8. The Morgan fingerprint density at radius 2 is 0.679 bits per heavy atom. The Kier molecular flexibility index (Phi) is 24.6. The number of amides is 8. The van der Waals surface area contributed by atoms with E-state index in [1.807, 2.05) is 111 Å². The van der Waals surface area contributed by atoms with E-state index in [4.69, 9.17) is 37.9 Å². The molecule has 0 bridgehead atoms. The highest BCUT2D eigenvalue weighted by Crippen LogP contribution is 2.58. The average Bonchev–Trinajstić information content (AvgIpc) is 1.67. The molecule has 13 rings (SSSR count). The Morgan fingerprint density at radius 1 is 0.411 bits per heavy atom. The third kappa shape index (κ3) is 16.8. The molecular formula is C90H102N6O16. The number of nitrogens with zero attached hydrogens (tertiary/aromatic N) is 4. The van der Waals surface area contributed by atoms with Gasteiger partial charge in [0, 0.05) is 95.3 Å². The van der Waals surface area contributed by atoms with Crippen LogP contribution in [-0.4, -0.2) is 157 Å². The molecule has 0 saturated carbocycles. The molecule has 112 heavy (non-hydrogen) atoms. The molecule has 0 aliphatic carbocycles. The van der Waals surface area contributed by atoms with E-state index in [1.54, 1.807) is 38.1 Å². The Morgan fingerprint density at radius 3 is 0.911 bits per heavy atom. The van der Waals surface area contributed by atoms with Crippen molar-refractivity contribution >= 4 is 90.3 Å². The molecule has 2 N–H and O–H groups in total. The summed E-state index contributed by atoms with van der Waals surface area (Å²) in [6.07, 6.45) is 1.73. The van der Waals surface area contributed by atoms with Gasteiger partial charge in [0.15, 0.2) is 0 Å². The number of epoxide rings is 2. The predicted molar refractivity (Wildman–Crippen MR) is 429 cm³/mol. The molecule has 8 amide bonds. The zero-order chi connectivity index (χ0) is 79.3. The fourth-order valence-electron chi connectivity index (χ4n) is 14.9. The zero-order valence-corrected chi connectivity index (χ0v) is 66.2. The van der Waals surface area contributed by atoms with E-state index in [0.29, 0.717) is 75.0 Å². The Hall–Kier alpha value is -10.5. The molecule has 4 unspecified atom stereocenters. The van der Waals surface area contributed by atoms with Gasteiger partial charge in [-0.25, -0.2) is 0 Å². The average molecular weight is 1520 g/mol. The molecule has 4 aliphatic heterocycles. The van der Waals surface area contributed by atoms with Gasteiger partial charge >= 0.3 is 0 Å². The van der Waals surface area contributed by atoms with Crippen LogP contribution in [0.5, 0.6) is 46.0 Å². The lowest BCUT2D eigenvalue weighted by molar-refractivity contribution is -0.142. The number of unbranched alkanes of at least 4 members (excludes halogenated alkanes) is 2. The summed E-state index contributed by atoms with van der Waals surface area (Å²) in [4.78, 5) is 130. The summed E-state index contributed by atoms with van der Waals surface area (Å²) >= 11 is 0. The minimum absolute atomic E-state index is 0.00763. The summed E-state index contributed by atoms with van der Waals surface area (Å²) in [7, 11) is 0. The van der Waals surface area contributed by atoms with Gasteiger partial charge in [0.2, 0.25) is 23.6 Å². The fourth-order valence-corrected chi connectivity index (χ4v) is 14.9. The van der Waals surface area contributed by atoms with E-state index < -0.39 is 47.5 Å². The normalized spacial score (nSPS) is 15.7. The Bertz CT molecular complexity index is 4460. The van der Waals surface area contributed by atoms with Gasteiger partial charge in [0.1, 0.15) is 71.5 Å². The summed E-state index contributed by atoms with van der Waals surface area (Å²) in [5.74, 6) is -2.85. The highest BCUT2D eigenvalue weighted by atomic mass is 16.6. The van der Waals surface area contributed by atoms with Crippen LogP contribution in [-0.2, 0) is 38.1 Å². The number of imide groups is 2. The van der Waals surface area contributed by atoms with Gasteiger partial charge in [-0.05, 0) is 145 Å². The van der Waals surface area contributed by atoms with Crippen molar-refractivity contribution in [1.82, 2.24) is 30.2 Å². The van der Waals surface area contributed by atoms with Crippen molar-refractivity contribution in [3.63, 3.8) is 0 Å². The molecular weight excluding hydrogens is 1420 g/mol. The maximum absolute atomic E-state index is 16.7. The second kappa shape index (κ2) is 34.6. The summed E-state index contributed by atoms with van der Waals surface area (Å²) in [6.45, 7) is 25.6. The quantitative estimate of drug-likeness (QED) is 0.0120. The standard InChI is InChI=1S/C90H102N6O16/c1-13-17-19-69(89(103)93(49-105-15-3)39-37-75(97)91-45-63-47-107-63)95-85(99)65-41-71(109-59-29-21-55(22-30-59)51(5)6)79-81-73(111-61-33-25-57(26-34-61)53(9)10)43-67-78-68(88(102)96(87(67)101)70(20-18-14-2)90(104)94(50-106-16-4)40-38-76(98)92-46-64-48-108-64)44-74(112-62-35-27-58(28-36-62)54(11)12)82(84(78)81)80-72(42-66(86(95)100)77(65)83(79)80)110-60-31-23-56(24-32-60)52(7)8/h21-36,41-44,51-54,63-64,69-70H,13-20,37-40,45-50H2,1-12H3,(H,91,97)(H,92,98). The number of carbonyl (C=O) groups is 8. The maximum atomic E-state index is 16.7. The van der Waals surface area contributed by atoms with Gasteiger partial charge in [0.25, 0.3) is 23.6 Å². The summed E-state index contributed by atoms with van der Waals surface area (Å²) < 4.78 is 52.0. The SMILES string of the molecule is CCCCC(C(=O)N(CCC(=O)NCC1CO1)COCC)N1C(=O)c2cc(Oc3ccc(C(C)C)cc3)c3c4c(Oc5ccc(C(C)C)cc5)cc5c6c(cc(Oc7ccc(C(C)C)cc7)c(c7c(Oc8ccc(C(C)C)cc8)cc(c2c37)C1=O)c64)C(=O)N(C(CCCC)C(=O)N(CCC(=O)NCC1CO1)COCC)C5=O. The highest BCUT2D eigenvalue weighted by molar-refractivity contribution is 6.45. The van der Waals surface area contributed by atoms with Crippen LogP contribution in [0.15, 0.2) is 121 Å². The molecule has 9 aromatic rings. The first-order valence-electron chi connectivity index (χ1n) is 39.7. The van der Waals surface area contributed by atoms with Crippen LogP contribution in [0.4, 0.5) is 0 Å². The molecule has 0 aromatic heterocycles. The van der Waals surface area contributed by atoms with Gasteiger partial charge in [-0.3, -0.25) is 48.2 Å². The van der Waals surface area contributed by atoms with Crippen LogP contribution >= 0.6 is 0 Å². The predicted octanol–water partition coefficient (Wildman–Crippen LogP) is 17.2. The number of benzene rings is 9. The summed E-state index contributed by atoms with van der Waals surface area (Å²) in [5.41, 5.74) is 4.03. The lowest BCUT2D eigenvalue weighted by atomic mass is 9.80. The van der Waals surface area contributed by atoms with Crippen molar-refractivity contribution in [3.05, 3.63) is 166 Å². The van der Waals surface area contributed by atoms with E-state index in [1.165, 1.54) is 9.80 Å². The molecule has 22 nitrogen and oxygen atoms in total. The molecule has 2 saturated heterocycles. The maximum Gasteiger partial charge on any atom is 0.262 e. The van der Waals surface area contributed by atoms with Crippen LogP contribution in [0.2, 0.25) is 0 Å². The molecule has 4 atom stereocenters. The first-order chi connectivity index (χ1) is 54.0. The lowest BCUT2D eigenvalue weighted by Crippen LogP contribution is -2.55. The van der Waals surface area contributed by atoms with Gasteiger partial charge in [-0.15, -0.1) is 0 Å². The van der Waals surface area contributed by atoms with Gasteiger partial charge in [0.05, 0.1) is 47.7 Å². The molecule has 22 heteroatoms. The number of fused-ring (bicyclic) bond motifs is 2. The van der Waals surface area contributed by atoms with Crippen molar-refractivity contribution in [3.8, 4) is 46.0 Å². The molecule has 4 heterocycles. The largest absolute Gasteiger partial charge is 0.457 e. The van der Waals surface area contributed by atoms with E-state index in [2.05, 4.69) is 66.0 Å². The number of hydrogen-bond donors (Lipinski definition) is 2. The number of nitrogens with one attached hydrogen (secondary N) is 2. The van der Waals surface area contributed by atoms with Crippen molar-refractivity contribution in [1.29, 1.82) is 0 Å². The second-order valence-electron chi connectivity index (χ2n) is 30.7. The number of rotatable bonds is 38. The zero-order valence-electron chi connectivity index (χ0n) is 66.2. The van der Waals surface area contributed by atoms with Crippen molar-refractivity contribution in [2.45, 2.75) is 182 Å². The fraction of sp³-hybridized carbons (Fsp3) is 0.422. The van der Waals surface area contributed by atoms with Crippen molar-refractivity contribution in [2.24, 2.45) is 0 Å². The molecule has 4 aliphatic rings. The van der Waals surface area contributed by atoms with Crippen molar-refractivity contribution in [2.75, 3.05) is 66.1 Å². The summed E-state index contributed by atoms with van der Waals surface area (Å²) in [5, 5.41) is 7.77. The lowest BCUT2D eigenvalue weighted by Gasteiger charge is -2.37. The molecule has 2 fully saturated rings. The van der Waals surface area contributed by atoms with Crippen LogP contribution in [0.3, 0.4) is 0 Å².